The van der Waals surface area contributed by atoms with E-state index in [1.165, 1.54) is 42.6 Å². The Kier molecular flexibility index (Phi) is 8.12. The molecule has 158 valence electrons. The number of nitrogens with zero attached hydrogens (tertiary/aromatic N) is 5. The highest BCUT2D eigenvalue weighted by Gasteiger charge is 2.15. The van der Waals surface area contributed by atoms with Gasteiger partial charge in [-0.1, -0.05) is 23.7 Å². The van der Waals surface area contributed by atoms with Gasteiger partial charge in [0, 0.05) is 20.1 Å². The number of nitrogens with one attached hydrogen (secondary N) is 1. The van der Waals surface area contributed by atoms with Gasteiger partial charge in [-0.3, -0.25) is 13.9 Å². The maximum atomic E-state index is 12.0. The first-order valence-corrected chi connectivity index (χ1v) is 11.3. The first-order chi connectivity index (χ1) is 14.1. The average molecular weight is 421 g/mol. The van der Waals surface area contributed by atoms with E-state index in [-0.39, 0.29) is 16.8 Å². The van der Waals surface area contributed by atoms with Crippen molar-refractivity contribution in [2.24, 2.45) is 7.05 Å². The Bertz CT molecular complexity index is 822. The van der Waals surface area contributed by atoms with Crippen molar-refractivity contribution in [2.75, 3.05) is 32.0 Å². The number of hydrogen-bond acceptors (Lipinski definition) is 7. The third-order valence-corrected chi connectivity index (χ3v) is 5.99. The number of ether oxygens (including phenoxy) is 1. The smallest absolute Gasteiger partial charge is 0.239 e. The van der Waals surface area contributed by atoms with E-state index in [4.69, 9.17) is 4.74 Å². The minimum Gasteiger partial charge on any atom is -0.494 e. The van der Waals surface area contributed by atoms with Crippen LogP contribution in [0.2, 0.25) is 0 Å². The number of aromatic nitrogens is 4. The van der Waals surface area contributed by atoms with E-state index in [0.29, 0.717) is 19.6 Å². The second-order valence-electron chi connectivity index (χ2n) is 7.11. The maximum Gasteiger partial charge on any atom is 0.239 e. The first-order valence-electron chi connectivity index (χ1n) is 9.93. The normalized spacial score (nSPS) is 15.8. The number of amides is 1. The number of likely N-dealkylation sites (tertiary alicyclic amines) is 1. The Balaban J connectivity index is 1.33. The standard InChI is InChI=1S/C19H28N6O3S/c1-24-19(21-22-23-24)29(27)15-18(26)20-9-6-12-28-17-8-5-7-16(13-17)14-25-10-3-2-4-11-25/h5,7-8,13H,2-4,6,9-12,14-15H2,1H3,(H,20,26). The SMILES string of the molecule is Cn1nnnc1S(=O)CC(=O)NCCCOc1cccc(CN2CCCCC2)c1. The Morgan fingerprint density at radius 3 is 2.86 bits per heavy atom. The van der Waals surface area contributed by atoms with Gasteiger partial charge >= 0.3 is 0 Å². The van der Waals surface area contributed by atoms with Gasteiger partial charge in [0.2, 0.25) is 11.1 Å². The molecule has 1 fully saturated rings. The fourth-order valence-corrected chi connectivity index (χ4v) is 4.18. The minimum absolute atomic E-state index is 0.159. The lowest BCUT2D eigenvalue weighted by Crippen LogP contribution is -2.30. The molecule has 29 heavy (non-hydrogen) atoms. The van der Waals surface area contributed by atoms with Crippen LogP contribution < -0.4 is 10.1 Å². The summed E-state index contributed by atoms with van der Waals surface area (Å²) >= 11 is 0. The quantitative estimate of drug-likeness (QED) is 0.570. The number of tetrazole rings is 1. The molecular weight excluding hydrogens is 392 g/mol. The van der Waals surface area contributed by atoms with Crippen molar-refractivity contribution in [2.45, 2.75) is 37.4 Å². The summed E-state index contributed by atoms with van der Waals surface area (Å²) < 4.78 is 19.2. The average Bonchev–Trinajstić information content (AvgIpc) is 3.15. The summed E-state index contributed by atoms with van der Waals surface area (Å²) in [4.78, 5) is 14.4. The summed E-state index contributed by atoms with van der Waals surface area (Å²) in [6, 6.07) is 8.20. The van der Waals surface area contributed by atoms with Gasteiger partial charge in [0.25, 0.3) is 0 Å². The van der Waals surface area contributed by atoms with Crippen molar-refractivity contribution in [3.63, 3.8) is 0 Å². The van der Waals surface area contributed by atoms with Gasteiger partial charge in [-0.05, 0) is 60.5 Å². The molecule has 0 spiro atoms. The van der Waals surface area contributed by atoms with Crippen molar-refractivity contribution in [3.8, 4) is 5.75 Å². The molecule has 1 amide bonds. The lowest BCUT2D eigenvalue weighted by atomic mass is 10.1. The summed E-state index contributed by atoms with van der Waals surface area (Å²) in [6.07, 6.45) is 4.57. The highest BCUT2D eigenvalue weighted by Crippen LogP contribution is 2.17. The van der Waals surface area contributed by atoms with Crippen molar-refractivity contribution in [3.05, 3.63) is 29.8 Å². The summed E-state index contributed by atoms with van der Waals surface area (Å²) in [5.41, 5.74) is 1.26. The van der Waals surface area contributed by atoms with Crippen LogP contribution in [0, 0.1) is 0 Å². The molecule has 2 aromatic rings. The molecule has 1 N–H and O–H groups in total. The lowest BCUT2D eigenvalue weighted by Gasteiger charge is -2.26. The zero-order chi connectivity index (χ0) is 20.5. The highest BCUT2D eigenvalue weighted by atomic mass is 32.2. The van der Waals surface area contributed by atoms with Crippen LogP contribution >= 0.6 is 0 Å². The largest absolute Gasteiger partial charge is 0.494 e. The van der Waals surface area contributed by atoms with Crippen LogP contribution in [0.1, 0.15) is 31.2 Å². The molecule has 0 radical (unpaired) electrons. The molecule has 0 saturated carbocycles. The summed E-state index contributed by atoms with van der Waals surface area (Å²) in [6.45, 7) is 4.27. The van der Waals surface area contributed by atoms with Gasteiger partial charge in [0.05, 0.1) is 6.61 Å². The lowest BCUT2D eigenvalue weighted by molar-refractivity contribution is -0.118. The van der Waals surface area contributed by atoms with Gasteiger partial charge in [-0.15, -0.1) is 0 Å². The molecule has 1 aromatic heterocycles. The molecule has 3 rings (SSSR count). The van der Waals surface area contributed by atoms with Crippen molar-refractivity contribution >= 4 is 16.7 Å². The highest BCUT2D eigenvalue weighted by molar-refractivity contribution is 7.85. The number of benzene rings is 1. The zero-order valence-corrected chi connectivity index (χ0v) is 17.6. The van der Waals surface area contributed by atoms with Gasteiger partial charge in [-0.2, -0.15) is 0 Å². The molecule has 0 aliphatic carbocycles. The topological polar surface area (TPSA) is 102 Å². The monoisotopic (exact) mass is 420 g/mol. The van der Waals surface area contributed by atoms with Gasteiger partial charge in [0.1, 0.15) is 22.3 Å². The predicted octanol–water partition coefficient (Wildman–Crippen LogP) is 0.889. The van der Waals surface area contributed by atoms with Crippen molar-refractivity contribution in [1.82, 2.24) is 30.4 Å². The van der Waals surface area contributed by atoms with Gasteiger partial charge in [-0.25, -0.2) is 4.68 Å². The molecule has 2 heterocycles. The molecule has 1 atom stereocenters. The third-order valence-electron chi connectivity index (χ3n) is 4.71. The third kappa shape index (κ3) is 6.90. The van der Waals surface area contributed by atoms with Gasteiger partial charge < -0.3 is 10.1 Å². The number of carbonyl (C=O) groups excluding carboxylic acids is 1. The van der Waals surface area contributed by atoms with Crippen LogP contribution in [0.25, 0.3) is 0 Å². The predicted molar refractivity (Wildman–Crippen MR) is 109 cm³/mol. The second kappa shape index (κ2) is 11.0. The molecule has 1 aromatic carbocycles. The fourth-order valence-electron chi connectivity index (χ4n) is 3.25. The molecule has 1 aliphatic heterocycles. The van der Waals surface area contributed by atoms with E-state index in [2.05, 4.69) is 37.9 Å². The summed E-state index contributed by atoms with van der Waals surface area (Å²) in [7, 11) is 0.0298. The minimum atomic E-state index is -1.56. The van der Waals surface area contributed by atoms with E-state index in [9.17, 15) is 9.00 Å². The van der Waals surface area contributed by atoms with E-state index in [1.807, 2.05) is 12.1 Å². The van der Waals surface area contributed by atoms with E-state index < -0.39 is 10.8 Å². The van der Waals surface area contributed by atoms with E-state index in [1.54, 1.807) is 7.05 Å². The number of aryl methyl sites for hydroxylation is 1. The van der Waals surface area contributed by atoms with E-state index in [0.717, 1.165) is 12.3 Å². The molecule has 1 saturated heterocycles. The molecular formula is C19H28N6O3S. The van der Waals surface area contributed by atoms with Crippen LogP contribution in [0.5, 0.6) is 5.75 Å². The number of carbonyl (C=O) groups is 1. The van der Waals surface area contributed by atoms with Crippen molar-refractivity contribution in [1.29, 1.82) is 0 Å². The second-order valence-corrected chi connectivity index (χ2v) is 8.46. The molecule has 9 nitrogen and oxygen atoms in total. The molecule has 10 heteroatoms. The Hall–Kier alpha value is -2.33. The Labute approximate surface area is 173 Å². The zero-order valence-electron chi connectivity index (χ0n) is 16.7. The molecule has 0 bridgehead atoms. The van der Waals surface area contributed by atoms with Crippen LogP contribution in [-0.4, -0.2) is 67.2 Å². The van der Waals surface area contributed by atoms with Crippen LogP contribution in [0.15, 0.2) is 29.4 Å². The summed E-state index contributed by atoms with van der Waals surface area (Å²) in [5, 5.41) is 13.6. The van der Waals surface area contributed by atoms with Crippen LogP contribution in [0.4, 0.5) is 0 Å². The molecule has 1 aliphatic rings. The number of rotatable bonds is 10. The Morgan fingerprint density at radius 2 is 2.10 bits per heavy atom. The fraction of sp³-hybridized carbons (Fsp3) is 0.579. The first kappa shape index (κ1) is 21.4. The number of piperidine rings is 1. The van der Waals surface area contributed by atoms with Crippen molar-refractivity contribution < 1.29 is 13.7 Å². The molecule has 1 unspecified atom stereocenters. The number of hydrogen-bond donors (Lipinski definition) is 1. The van der Waals surface area contributed by atoms with Gasteiger partial charge in [0.15, 0.2) is 0 Å². The van der Waals surface area contributed by atoms with E-state index >= 15 is 0 Å². The summed E-state index contributed by atoms with van der Waals surface area (Å²) in [5.74, 6) is 0.393. The maximum absolute atomic E-state index is 12.0. The van der Waals surface area contributed by atoms with Crippen LogP contribution in [-0.2, 0) is 29.2 Å². The Morgan fingerprint density at radius 1 is 1.28 bits per heavy atom. The van der Waals surface area contributed by atoms with Crippen LogP contribution in [0.3, 0.4) is 0 Å².